The van der Waals surface area contributed by atoms with E-state index >= 15 is 0 Å². The molecule has 0 aromatic heterocycles. The average Bonchev–Trinajstić information content (AvgIpc) is 2.87. The van der Waals surface area contributed by atoms with Crippen LogP contribution < -0.4 is 4.74 Å². The second-order valence-corrected chi connectivity index (χ2v) is 10.8. The zero-order valence-electron chi connectivity index (χ0n) is 20.7. The second kappa shape index (κ2) is 11.9. The molecule has 0 amide bonds. The normalized spacial score (nSPS) is 32.0. The number of ether oxygens (including phenoxy) is 3. The molecule has 0 radical (unpaired) electrons. The van der Waals surface area contributed by atoms with E-state index in [2.05, 4.69) is 11.7 Å². The molecule has 2 aliphatic carbocycles. The predicted molar refractivity (Wildman–Crippen MR) is 122 cm³/mol. The van der Waals surface area contributed by atoms with Crippen LogP contribution in [0.1, 0.15) is 82.6 Å². The predicted octanol–water partition coefficient (Wildman–Crippen LogP) is 8.07. The number of alkyl halides is 4. The fourth-order valence-corrected chi connectivity index (χ4v) is 6.31. The van der Waals surface area contributed by atoms with Crippen molar-refractivity contribution in [2.24, 2.45) is 23.7 Å². The van der Waals surface area contributed by atoms with Crippen molar-refractivity contribution in [3.63, 3.8) is 0 Å². The Balaban J connectivity index is 1.25. The molecule has 1 saturated heterocycles. The number of benzene rings is 1. The van der Waals surface area contributed by atoms with E-state index in [4.69, 9.17) is 9.47 Å². The van der Waals surface area contributed by atoms with Crippen molar-refractivity contribution in [2.45, 2.75) is 95.9 Å². The maximum Gasteiger partial charge on any atom is 0.461 e. The Labute approximate surface area is 208 Å². The minimum atomic E-state index is -4.97. The van der Waals surface area contributed by atoms with E-state index in [-0.39, 0.29) is 12.2 Å². The van der Waals surface area contributed by atoms with Crippen LogP contribution in [0.3, 0.4) is 0 Å². The molecule has 1 heterocycles. The molecule has 3 nitrogen and oxygen atoms in total. The van der Waals surface area contributed by atoms with Crippen LogP contribution >= 0.6 is 0 Å². The minimum absolute atomic E-state index is 0.0906. The smallest absolute Gasteiger partial charge is 0.422 e. The molecule has 0 N–H and O–H groups in total. The molecule has 1 aromatic carbocycles. The first-order chi connectivity index (χ1) is 17.2. The van der Waals surface area contributed by atoms with Crippen LogP contribution in [0.15, 0.2) is 12.1 Å². The van der Waals surface area contributed by atoms with Crippen molar-refractivity contribution < 1.29 is 40.6 Å². The van der Waals surface area contributed by atoms with E-state index < -0.39 is 29.9 Å². The zero-order chi connectivity index (χ0) is 25.9. The fourth-order valence-electron chi connectivity index (χ4n) is 6.31. The molecule has 36 heavy (non-hydrogen) atoms. The van der Waals surface area contributed by atoms with Gasteiger partial charge in [-0.3, -0.25) is 0 Å². The van der Waals surface area contributed by atoms with Crippen molar-refractivity contribution in [1.29, 1.82) is 0 Å². The first-order valence-electron chi connectivity index (χ1n) is 13.2. The summed E-state index contributed by atoms with van der Waals surface area (Å²) in [7, 11) is 0. The average molecular weight is 523 g/mol. The zero-order valence-corrected chi connectivity index (χ0v) is 20.7. The minimum Gasteiger partial charge on any atom is -0.422 e. The van der Waals surface area contributed by atoms with E-state index in [1.165, 1.54) is 0 Å². The lowest BCUT2D eigenvalue weighted by Gasteiger charge is -2.41. The number of hydrogen-bond acceptors (Lipinski definition) is 3. The molecule has 0 atom stereocenters. The third kappa shape index (κ3) is 6.50. The lowest BCUT2D eigenvalue weighted by atomic mass is 9.68. The summed E-state index contributed by atoms with van der Waals surface area (Å²) in [6.07, 6.45) is 0.762. The monoisotopic (exact) mass is 522 g/mol. The van der Waals surface area contributed by atoms with Gasteiger partial charge >= 0.3 is 12.5 Å². The van der Waals surface area contributed by atoms with Crippen LogP contribution in [0.25, 0.3) is 0 Å². The molecule has 4 rings (SSSR count). The van der Waals surface area contributed by atoms with Gasteiger partial charge in [-0.1, -0.05) is 13.3 Å². The lowest BCUT2D eigenvalue weighted by molar-refractivity contribution is -0.255. The summed E-state index contributed by atoms with van der Waals surface area (Å²) in [6, 6.07) is 1.87. The standard InChI is InChI=1S/C27H36F6O3/c1-2-3-16-14-34-25(35-15-16)20-10-8-18(9-11-20)17-4-6-19(7-5-17)21-12-22(28)24(23(29)13-21)36-27(32,33)26(30)31/h12-13,16-20,25-26H,2-11,14-15H2,1H3. The lowest BCUT2D eigenvalue weighted by Crippen LogP contribution is -2.39. The molecule has 9 heteroatoms. The van der Waals surface area contributed by atoms with Gasteiger partial charge in [0.05, 0.1) is 13.2 Å². The van der Waals surface area contributed by atoms with Crippen molar-refractivity contribution in [2.75, 3.05) is 13.2 Å². The quantitative estimate of drug-likeness (QED) is 0.323. The highest BCUT2D eigenvalue weighted by Crippen LogP contribution is 2.45. The highest BCUT2D eigenvalue weighted by atomic mass is 19.3. The summed E-state index contributed by atoms with van der Waals surface area (Å²) in [5, 5.41) is 0. The molecule has 0 unspecified atom stereocenters. The van der Waals surface area contributed by atoms with Crippen LogP contribution in [0.4, 0.5) is 26.3 Å². The fraction of sp³-hybridized carbons (Fsp3) is 0.778. The van der Waals surface area contributed by atoms with E-state index in [0.717, 1.165) is 89.6 Å². The molecule has 3 aliphatic rings. The molecule has 1 aliphatic heterocycles. The molecule has 0 bridgehead atoms. The summed E-state index contributed by atoms with van der Waals surface area (Å²) >= 11 is 0. The van der Waals surface area contributed by atoms with Crippen molar-refractivity contribution >= 4 is 0 Å². The third-order valence-corrected chi connectivity index (χ3v) is 8.31. The van der Waals surface area contributed by atoms with Crippen LogP contribution in [0.5, 0.6) is 5.75 Å². The largest absolute Gasteiger partial charge is 0.461 e. The highest BCUT2D eigenvalue weighted by molar-refractivity contribution is 5.33. The van der Waals surface area contributed by atoms with Gasteiger partial charge in [0.2, 0.25) is 0 Å². The van der Waals surface area contributed by atoms with E-state index in [0.29, 0.717) is 29.2 Å². The topological polar surface area (TPSA) is 27.7 Å². The summed E-state index contributed by atoms with van der Waals surface area (Å²) in [5.74, 6) is -2.26. The Morgan fingerprint density at radius 3 is 1.86 bits per heavy atom. The van der Waals surface area contributed by atoms with Gasteiger partial charge in [-0.25, -0.2) is 8.78 Å². The Hall–Kier alpha value is -1.48. The summed E-state index contributed by atoms with van der Waals surface area (Å²) in [5.41, 5.74) is 0.354. The summed E-state index contributed by atoms with van der Waals surface area (Å²) < 4.78 is 95.3. The van der Waals surface area contributed by atoms with Gasteiger partial charge in [0.25, 0.3) is 0 Å². The van der Waals surface area contributed by atoms with Gasteiger partial charge in [-0.2, -0.15) is 17.6 Å². The van der Waals surface area contributed by atoms with Gasteiger partial charge < -0.3 is 14.2 Å². The molecular weight excluding hydrogens is 486 g/mol. The van der Waals surface area contributed by atoms with E-state index in [1.54, 1.807) is 0 Å². The SMILES string of the molecule is CCCC1COC(C2CCC(C3CCC(c4cc(F)c(OC(F)(F)C(F)F)c(F)c4)CC3)CC2)OC1. The Morgan fingerprint density at radius 2 is 1.36 bits per heavy atom. The van der Waals surface area contributed by atoms with Crippen LogP contribution in [-0.2, 0) is 9.47 Å². The molecule has 204 valence electrons. The molecule has 0 spiro atoms. The second-order valence-electron chi connectivity index (χ2n) is 10.8. The Bertz CT molecular complexity index is 819. The number of halogens is 6. The van der Waals surface area contributed by atoms with E-state index in [9.17, 15) is 26.3 Å². The Morgan fingerprint density at radius 1 is 0.861 bits per heavy atom. The van der Waals surface area contributed by atoms with Crippen LogP contribution in [0, 0.1) is 35.3 Å². The van der Waals surface area contributed by atoms with Crippen molar-refractivity contribution in [1.82, 2.24) is 0 Å². The van der Waals surface area contributed by atoms with Gasteiger partial charge in [0.15, 0.2) is 23.7 Å². The van der Waals surface area contributed by atoms with Gasteiger partial charge in [-0.05, 0) is 93.2 Å². The van der Waals surface area contributed by atoms with Crippen LogP contribution in [-0.4, -0.2) is 32.0 Å². The van der Waals surface area contributed by atoms with Gasteiger partial charge in [0, 0.05) is 11.8 Å². The number of rotatable bonds is 8. The highest BCUT2D eigenvalue weighted by Gasteiger charge is 2.45. The van der Waals surface area contributed by atoms with Gasteiger partial charge in [-0.15, -0.1) is 0 Å². The molecular formula is C27H36F6O3. The molecule has 1 aromatic rings. The third-order valence-electron chi connectivity index (χ3n) is 8.31. The van der Waals surface area contributed by atoms with Crippen LogP contribution in [0.2, 0.25) is 0 Å². The molecule has 3 fully saturated rings. The van der Waals surface area contributed by atoms with Crippen molar-refractivity contribution in [3.8, 4) is 5.75 Å². The maximum atomic E-state index is 14.3. The Kier molecular flexibility index (Phi) is 9.13. The summed E-state index contributed by atoms with van der Waals surface area (Å²) in [6.45, 7) is 3.74. The first-order valence-corrected chi connectivity index (χ1v) is 13.2. The van der Waals surface area contributed by atoms with Crippen molar-refractivity contribution in [3.05, 3.63) is 29.3 Å². The first kappa shape index (κ1) is 27.6. The molecule has 2 saturated carbocycles. The number of hydrogen-bond donors (Lipinski definition) is 0. The van der Waals surface area contributed by atoms with Gasteiger partial charge in [0.1, 0.15) is 0 Å². The summed E-state index contributed by atoms with van der Waals surface area (Å²) in [4.78, 5) is 0. The van der Waals surface area contributed by atoms with E-state index in [1.807, 2.05) is 0 Å². The maximum absolute atomic E-state index is 14.3.